The van der Waals surface area contributed by atoms with Crippen LogP contribution in [0.15, 0.2) is 30.3 Å². The van der Waals surface area contributed by atoms with Gasteiger partial charge in [-0.05, 0) is 43.7 Å². The van der Waals surface area contributed by atoms with E-state index in [4.69, 9.17) is 4.74 Å². The van der Waals surface area contributed by atoms with E-state index in [9.17, 15) is 22.8 Å². The molecule has 0 saturated carbocycles. The molecule has 1 atom stereocenters. The van der Waals surface area contributed by atoms with Gasteiger partial charge in [-0.1, -0.05) is 19.9 Å². The van der Waals surface area contributed by atoms with Crippen LogP contribution in [0, 0.1) is 18.7 Å². The van der Waals surface area contributed by atoms with E-state index >= 15 is 0 Å². The van der Waals surface area contributed by atoms with Crippen molar-refractivity contribution in [3.63, 3.8) is 0 Å². The summed E-state index contributed by atoms with van der Waals surface area (Å²) >= 11 is 0. The summed E-state index contributed by atoms with van der Waals surface area (Å²) in [6.45, 7) is 5.92. The van der Waals surface area contributed by atoms with Crippen molar-refractivity contribution in [2.24, 2.45) is 5.92 Å². The van der Waals surface area contributed by atoms with Gasteiger partial charge in [0.15, 0.2) is 11.6 Å². The van der Waals surface area contributed by atoms with E-state index < -0.39 is 30.8 Å². The van der Waals surface area contributed by atoms with Gasteiger partial charge >= 0.3 is 0 Å². The summed E-state index contributed by atoms with van der Waals surface area (Å²) in [5.41, 5.74) is 1.26. The number of carbonyl (C=O) groups excluding carboxylic acids is 2. The quantitative estimate of drug-likeness (QED) is 0.665. The van der Waals surface area contributed by atoms with E-state index in [1.54, 1.807) is 33.8 Å². The van der Waals surface area contributed by atoms with Crippen LogP contribution in [0.4, 0.5) is 19.0 Å². The minimum absolute atomic E-state index is 0.225. The lowest BCUT2D eigenvalue weighted by atomic mass is 10.1. The number of halogens is 3. The van der Waals surface area contributed by atoms with Crippen LogP contribution < -0.4 is 15.4 Å². The van der Waals surface area contributed by atoms with Gasteiger partial charge in [-0.2, -0.15) is 0 Å². The molecule has 0 spiro atoms. The molecular weight excluding hydrogens is 399 g/mol. The second kappa shape index (κ2) is 10.1. The molecule has 1 aromatic carbocycles. The molecular formula is C21H24F3N3O3. The van der Waals surface area contributed by atoms with Crippen LogP contribution in [0.3, 0.4) is 0 Å². The molecule has 0 aliphatic rings. The van der Waals surface area contributed by atoms with Crippen LogP contribution in [0.5, 0.6) is 5.75 Å². The molecule has 1 unspecified atom stereocenters. The Morgan fingerprint density at radius 2 is 1.83 bits per heavy atom. The van der Waals surface area contributed by atoms with Gasteiger partial charge in [0.25, 0.3) is 12.3 Å². The van der Waals surface area contributed by atoms with Gasteiger partial charge in [0.05, 0.1) is 6.04 Å². The molecule has 0 aliphatic carbocycles. The topological polar surface area (TPSA) is 80.3 Å². The highest BCUT2D eigenvalue weighted by atomic mass is 19.3. The first kappa shape index (κ1) is 23.2. The molecule has 162 valence electrons. The predicted molar refractivity (Wildman–Crippen MR) is 106 cm³/mol. The van der Waals surface area contributed by atoms with Gasteiger partial charge in [0, 0.05) is 17.2 Å². The normalized spacial score (nSPS) is 12.0. The summed E-state index contributed by atoms with van der Waals surface area (Å²) in [6, 6.07) is 6.30. The zero-order chi connectivity index (χ0) is 22.4. The van der Waals surface area contributed by atoms with Crippen molar-refractivity contribution in [2.75, 3.05) is 11.9 Å². The number of anilines is 1. The van der Waals surface area contributed by atoms with Gasteiger partial charge < -0.3 is 15.4 Å². The van der Waals surface area contributed by atoms with Crippen LogP contribution >= 0.6 is 0 Å². The highest BCUT2D eigenvalue weighted by Crippen LogP contribution is 2.23. The number of ether oxygens (including phenoxy) is 1. The fraction of sp³-hybridized carbons (Fsp3) is 0.381. The highest BCUT2D eigenvalue weighted by molar-refractivity contribution is 5.97. The van der Waals surface area contributed by atoms with Crippen molar-refractivity contribution in [1.29, 1.82) is 0 Å². The predicted octanol–water partition coefficient (Wildman–Crippen LogP) is 4.26. The average molecular weight is 423 g/mol. The molecule has 9 heteroatoms. The maximum Gasteiger partial charge on any atom is 0.272 e. The number of alkyl halides is 2. The molecule has 0 aliphatic heterocycles. The first-order valence-corrected chi connectivity index (χ1v) is 9.37. The van der Waals surface area contributed by atoms with E-state index in [0.717, 1.165) is 6.07 Å². The number of nitrogens with one attached hydrogen (secondary N) is 2. The third-order valence-corrected chi connectivity index (χ3v) is 4.16. The molecule has 0 radical (unpaired) electrons. The SMILES string of the molecule is Cc1cc(C(=O)NC(C)c2ccc(OCC(F)F)c(F)c2)cc(NC(=O)C(C)C)n1. The van der Waals surface area contributed by atoms with E-state index in [2.05, 4.69) is 15.6 Å². The van der Waals surface area contributed by atoms with Gasteiger partial charge in [0.1, 0.15) is 12.4 Å². The molecule has 2 N–H and O–H groups in total. The maximum absolute atomic E-state index is 14.1. The molecule has 0 fully saturated rings. The van der Waals surface area contributed by atoms with Gasteiger partial charge in [-0.3, -0.25) is 9.59 Å². The maximum atomic E-state index is 14.1. The van der Waals surface area contributed by atoms with Crippen LogP contribution in [0.2, 0.25) is 0 Å². The fourth-order valence-corrected chi connectivity index (χ4v) is 2.55. The Labute approximate surface area is 172 Å². The zero-order valence-corrected chi connectivity index (χ0v) is 17.1. The summed E-state index contributed by atoms with van der Waals surface area (Å²) in [5.74, 6) is -1.73. The van der Waals surface area contributed by atoms with Crippen LogP contribution in [-0.4, -0.2) is 29.8 Å². The molecule has 30 heavy (non-hydrogen) atoms. The zero-order valence-electron chi connectivity index (χ0n) is 17.1. The van der Waals surface area contributed by atoms with Crippen molar-refractivity contribution in [1.82, 2.24) is 10.3 Å². The van der Waals surface area contributed by atoms with Crippen LogP contribution in [0.1, 0.15) is 48.4 Å². The first-order chi connectivity index (χ1) is 14.1. The molecule has 2 aromatic rings. The Morgan fingerprint density at radius 1 is 1.13 bits per heavy atom. The summed E-state index contributed by atoms with van der Waals surface area (Å²) in [7, 11) is 0. The largest absolute Gasteiger partial charge is 0.485 e. The lowest BCUT2D eigenvalue weighted by Crippen LogP contribution is -2.27. The number of carbonyl (C=O) groups is 2. The summed E-state index contributed by atoms with van der Waals surface area (Å²) < 4.78 is 43.2. The Hall–Kier alpha value is -3.10. The van der Waals surface area contributed by atoms with Crippen LogP contribution in [0.25, 0.3) is 0 Å². The standard InChI is InChI=1S/C21H24F3N3O3/c1-11(2)20(28)27-19-9-15(7-12(3)25-19)21(29)26-13(4)14-5-6-17(16(22)8-14)30-10-18(23)24/h5-9,11,13,18H,10H2,1-4H3,(H,26,29)(H,25,27,28). The Kier molecular flexibility index (Phi) is 7.79. The van der Waals surface area contributed by atoms with Gasteiger partial charge in [-0.25, -0.2) is 18.2 Å². The average Bonchev–Trinajstić information content (AvgIpc) is 2.66. The molecule has 1 heterocycles. The summed E-state index contributed by atoms with van der Waals surface area (Å²) in [4.78, 5) is 28.7. The Balaban J connectivity index is 2.11. The number of hydrogen-bond acceptors (Lipinski definition) is 4. The number of amides is 2. The molecule has 0 bridgehead atoms. The van der Waals surface area contributed by atoms with Crippen molar-refractivity contribution < 1.29 is 27.5 Å². The number of rotatable bonds is 8. The number of aromatic nitrogens is 1. The number of nitrogens with zero attached hydrogens (tertiary/aromatic N) is 1. The number of benzene rings is 1. The lowest BCUT2D eigenvalue weighted by Gasteiger charge is -2.16. The van der Waals surface area contributed by atoms with Gasteiger partial charge in [0.2, 0.25) is 5.91 Å². The second-order valence-electron chi connectivity index (χ2n) is 7.11. The molecule has 2 amide bonds. The lowest BCUT2D eigenvalue weighted by molar-refractivity contribution is -0.118. The number of pyridine rings is 1. The summed E-state index contributed by atoms with van der Waals surface area (Å²) in [5, 5.41) is 5.38. The minimum Gasteiger partial charge on any atom is -0.485 e. The van der Waals surface area contributed by atoms with E-state index in [-0.39, 0.29) is 29.0 Å². The minimum atomic E-state index is -2.71. The molecule has 1 aromatic heterocycles. The van der Waals surface area contributed by atoms with Crippen LogP contribution in [-0.2, 0) is 4.79 Å². The first-order valence-electron chi connectivity index (χ1n) is 9.37. The number of hydrogen-bond donors (Lipinski definition) is 2. The monoisotopic (exact) mass is 423 g/mol. The van der Waals surface area contributed by atoms with Crippen molar-refractivity contribution >= 4 is 17.6 Å². The third kappa shape index (κ3) is 6.47. The smallest absolute Gasteiger partial charge is 0.272 e. The van der Waals surface area contributed by atoms with E-state index in [1.165, 1.54) is 18.2 Å². The van der Waals surface area contributed by atoms with Gasteiger partial charge in [-0.15, -0.1) is 0 Å². The van der Waals surface area contributed by atoms with E-state index in [1.807, 2.05) is 0 Å². The molecule has 0 saturated heterocycles. The Bertz CT molecular complexity index is 920. The highest BCUT2D eigenvalue weighted by Gasteiger charge is 2.17. The van der Waals surface area contributed by atoms with Crippen molar-refractivity contribution in [3.05, 3.63) is 53.0 Å². The van der Waals surface area contributed by atoms with E-state index in [0.29, 0.717) is 11.3 Å². The fourth-order valence-electron chi connectivity index (χ4n) is 2.55. The van der Waals surface area contributed by atoms with Crippen molar-refractivity contribution in [2.45, 2.75) is 40.2 Å². The third-order valence-electron chi connectivity index (χ3n) is 4.16. The van der Waals surface area contributed by atoms with Crippen molar-refractivity contribution in [3.8, 4) is 5.75 Å². The number of aryl methyl sites for hydroxylation is 1. The summed E-state index contributed by atoms with van der Waals surface area (Å²) in [6.07, 6.45) is -2.71. The molecule has 6 nitrogen and oxygen atoms in total. The second-order valence-corrected chi connectivity index (χ2v) is 7.11. The molecule has 2 rings (SSSR count). The Morgan fingerprint density at radius 3 is 2.43 bits per heavy atom.